The Labute approximate surface area is 193 Å². The summed E-state index contributed by atoms with van der Waals surface area (Å²) in [5.41, 5.74) is 1.97. The summed E-state index contributed by atoms with van der Waals surface area (Å²) < 4.78 is 5.74. The maximum absolute atomic E-state index is 12.8. The van der Waals surface area contributed by atoms with Crippen molar-refractivity contribution in [1.82, 2.24) is 9.80 Å². The first kappa shape index (κ1) is 23.4. The van der Waals surface area contributed by atoms with Crippen molar-refractivity contribution in [1.29, 1.82) is 0 Å². The minimum absolute atomic E-state index is 0.0465. The molecule has 1 heterocycles. The molecule has 1 atom stereocenters. The minimum atomic E-state index is -0.668. The van der Waals surface area contributed by atoms with E-state index in [-0.39, 0.29) is 11.8 Å². The number of piperazine rings is 1. The van der Waals surface area contributed by atoms with E-state index in [0.29, 0.717) is 48.5 Å². The molecule has 0 aliphatic carbocycles. The summed E-state index contributed by atoms with van der Waals surface area (Å²) in [6.07, 6.45) is 0.192. The predicted molar refractivity (Wildman–Crippen MR) is 124 cm³/mol. The van der Waals surface area contributed by atoms with Gasteiger partial charge < -0.3 is 15.0 Å². The Kier molecular flexibility index (Phi) is 8.18. The predicted octanol–water partition coefficient (Wildman–Crippen LogP) is 4.11. The van der Waals surface area contributed by atoms with Gasteiger partial charge in [-0.15, -0.1) is 0 Å². The third-order valence-corrected chi connectivity index (χ3v) is 5.80. The third kappa shape index (κ3) is 6.35. The number of carbonyl (C=O) groups excluding carboxylic acids is 2. The Morgan fingerprint density at radius 3 is 2.48 bits per heavy atom. The lowest BCUT2D eigenvalue weighted by Crippen LogP contribution is -2.53. The van der Waals surface area contributed by atoms with Gasteiger partial charge in [0.05, 0.1) is 11.6 Å². The number of carbonyl (C=O) groups is 2. The average Bonchev–Trinajstić information content (AvgIpc) is 2.76. The summed E-state index contributed by atoms with van der Waals surface area (Å²) in [5.74, 6) is 0.274. The van der Waals surface area contributed by atoms with Crippen LogP contribution >= 0.6 is 23.2 Å². The van der Waals surface area contributed by atoms with Gasteiger partial charge in [0.15, 0.2) is 6.10 Å². The zero-order chi connectivity index (χ0) is 22.4. The fraction of sp³-hybridized carbons (Fsp3) is 0.391. The van der Waals surface area contributed by atoms with Crippen LogP contribution in [0.25, 0.3) is 0 Å². The van der Waals surface area contributed by atoms with Gasteiger partial charge in [0.1, 0.15) is 5.75 Å². The summed E-state index contributed by atoms with van der Waals surface area (Å²) in [4.78, 5) is 29.0. The molecule has 0 radical (unpaired) electrons. The van der Waals surface area contributed by atoms with Crippen LogP contribution in [-0.4, -0.2) is 60.4 Å². The van der Waals surface area contributed by atoms with Crippen LogP contribution in [0.3, 0.4) is 0 Å². The number of hydrogen-bond acceptors (Lipinski definition) is 4. The van der Waals surface area contributed by atoms with Crippen LogP contribution in [0.1, 0.15) is 19.4 Å². The Morgan fingerprint density at radius 2 is 1.81 bits per heavy atom. The summed E-state index contributed by atoms with van der Waals surface area (Å²) >= 11 is 12.0. The van der Waals surface area contributed by atoms with Gasteiger partial charge >= 0.3 is 0 Å². The number of halogens is 2. The summed E-state index contributed by atoms with van der Waals surface area (Å²) in [5, 5.41) is 3.87. The first-order valence-electron chi connectivity index (χ1n) is 10.4. The minimum Gasteiger partial charge on any atom is -0.479 e. The molecular formula is C23H27Cl2N3O3. The normalized spacial score (nSPS) is 15.4. The smallest absolute Gasteiger partial charge is 0.263 e. The number of anilines is 1. The Balaban J connectivity index is 1.47. The fourth-order valence-corrected chi connectivity index (χ4v) is 3.99. The van der Waals surface area contributed by atoms with Crippen molar-refractivity contribution in [2.24, 2.45) is 0 Å². The molecule has 0 bridgehead atoms. The van der Waals surface area contributed by atoms with Crippen LogP contribution < -0.4 is 10.1 Å². The summed E-state index contributed by atoms with van der Waals surface area (Å²) in [6.45, 7) is 6.41. The number of nitrogens with one attached hydrogen (secondary N) is 1. The molecule has 3 rings (SSSR count). The van der Waals surface area contributed by atoms with Crippen molar-refractivity contribution >= 4 is 40.7 Å². The number of ether oxygens (including phenoxy) is 1. The standard InChI is InChI=1S/C23H27Cl2N3O3/c1-3-17-6-4-5-7-20(17)26-22(29)15-27-10-12-28(13-11-27)23(30)16(2)31-21-9-8-18(24)14-19(21)25/h4-9,14,16H,3,10-13,15H2,1-2H3,(H,26,29). The maximum Gasteiger partial charge on any atom is 0.263 e. The molecule has 1 aliphatic heterocycles. The molecule has 6 nitrogen and oxygen atoms in total. The van der Waals surface area contributed by atoms with Gasteiger partial charge in [-0.3, -0.25) is 14.5 Å². The molecule has 8 heteroatoms. The summed E-state index contributed by atoms with van der Waals surface area (Å²) in [7, 11) is 0. The highest BCUT2D eigenvalue weighted by Gasteiger charge is 2.27. The van der Waals surface area contributed by atoms with Gasteiger partial charge in [0, 0.05) is 36.9 Å². The van der Waals surface area contributed by atoms with Gasteiger partial charge in [-0.25, -0.2) is 0 Å². The molecule has 2 aromatic carbocycles. The molecule has 0 saturated carbocycles. The number of aryl methyl sites for hydroxylation is 1. The second-order valence-corrected chi connectivity index (χ2v) is 8.34. The molecule has 1 saturated heterocycles. The molecule has 1 aliphatic rings. The second-order valence-electron chi connectivity index (χ2n) is 7.50. The van der Waals surface area contributed by atoms with E-state index in [1.807, 2.05) is 24.3 Å². The van der Waals surface area contributed by atoms with Gasteiger partial charge in [-0.05, 0) is 43.2 Å². The Hall–Kier alpha value is -2.28. The van der Waals surface area contributed by atoms with E-state index < -0.39 is 6.10 Å². The molecule has 0 spiro atoms. The van der Waals surface area contributed by atoms with E-state index in [1.165, 1.54) is 0 Å². The van der Waals surface area contributed by atoms with E-state index in [2.05, 4.69) is 17.1 Å². The number of amides is 2. The maximum atomic E-state index is 12.8. The van der Waals surface area contributed by atoms with Crippen molar-refractivity contribution in [2.45, 2.75) is 26.4 Å². The van der Waals surface area contributed by atoms with Crippen molar-refractivity contribution in [3.05, 3.63) is 58.1 Å². The molecular weight excluding hydrogens is 437 g/mol. The average molecular weight is 464 g/mol. The van der Waals surface area contributed by atoms with E-state index in [1.54, 1.807) is 30.0 Å². The molecule has 1 unspecified atom stereocenters. The van der Waals surface area contributed by atoms with E-state index in [9.17, 15) is 9.59 Å². The van der Waals surface area contributed by atoms with Crippen LogP contribution in [0.4, 0.5) is 5.69 Å². The Morgan fingerprint density at radius 1 is 1.10 bits per heavy atom. The highest BCUT2D eigenvalue weighted by molar-refractivity contribution is 6.35. The van der Waals surface area contributed by atoms with Crippen molar-refractivity contribution in [3.8, 4) is 5.75 Å². The van der Waals surface area contributed by atoms with Crippen molar-refractivity contribution in [3.63, 3.8) is 0 Å². The van der Waals surface area contributed by atoms with E-state index in [0.717, 1.165) is 17.7 Å². The number of hydrogen-bond donors (Lipinski definition) is 1. The zero-order valence-electron chi connectivity index (χ0n) is 17.7. The molecule has 31 heavy (non-hydrogen) atoms. The Bertz CT molecular complexity index is 930. The molecule has 0 aromatic heterocycles. The monoisotopic (exact) mass is 463 g/mol. The largest absolute Gasteiger partial charge is 0.479 e. The molecule has 1 fully saturated rings. The van der Waals surface area contributed by atoms with Crippen LogP contribution in [-0.2, 0) is 16.0 Å². The third-order valence-electron chi connectivity index (χ3n) is 5.27. The van der Waals surface area contributed by atoms with Gasteiger partial charge in [0.25, 0.3) is 5.91 Å². The SMILES string of the molecule is CCc1ccccc1NC(=O)CN1CCN(C(=O)C(C)Oc2ccc(Cl)cc2Cl)CC1. The van der Waals surface area contributed by atoms with Gasteiger partial charge in [-0.2, -0.15) is 0 Å². The molecule has 2 aromatic rings. The topological polar surface area (TPSA) is 61.9 Å². The van der Waals surface area contributed by atoms with Gasteiger partial charge in [-0.1, -0.05) is 48.3 Å². The zero-order valence-corrected chi connectivity index (χ0v) is 19.2. The highest BCUT2D eigenvalue weighted by Crippen LogP contribution is 2.28. The fourth-order valence-electron chi connectivity index (χ4n) is 3.54. The number of para-hydroxylation sites is 1. The lowest BCUT2D eigenvalue weighted by atomic mass is 10.1. The summed E-state index contributed by atoms with van der Waals surface area (Å²) in [6, 6.07) is 12.7. The molecule has 2 amide bonds. The van der Waals surface area contributed by atoms with E-state index in [4.69, 9.17) is 27.9 Å². The van der Waals surface area contributed by atoms with Gasteiger partial charge in [0.2, 0.25) is 5.91 Å². The number of nitrogens with zero attached hydrogens (tertiary/aromatic N) is 2. The van der Waals surface area contributed by atoms with Crippen molar-refractivity contribution < 1.29 is 14.3 Å². The number of benzene rings is 2. The first-order valence-corrected chi connectivity index (χ1v) is 11.1. The van der Waals surface area contributed by atoms with E-state index >= 15 is 0 Å². The second kappa shape index (κ2) is 10.8. The van der Waals surface area contributed by atoms with Crippen LogP contribution in [0.15, 0.2) is 42.5 Å². The lowest BCUT2D eigenvalue weighted by Gasteiger charge is -2.35. The number of rotatable bonds is 7. The highest BCUT2D eigenvalue weighted by atomic mass is 35.5. The van der Waals surface area contributed by atoms with Crippen molar-refractivity contribution in [2.75, 3.05) is 38.0 Å². The van der Waals surface area contributed by atoms with Crippen LogP contribution in [0.2, 0.25) is 10.0 Å². The molecule has 1 N–H and O–H groups in total. The first-order chi connectivity index (χ1) is 14.9. The van der Waals surface area contributed by atoms with Crippen LogP contribution in [0, 0.1) is 0 Å². The lowest BCUT2D eigenvalue weighted by molar-refractivity contribution is -0.139. The van der Waals surface area contributed by atoms with Crippen LogP contribution in [0.5, 0.6) is 5.75 Å². The quantitative estimate of drug-likeness (QED) is 0.670. The molecule has 166 valence electrons.